The zero-order valence-electron chi connectivity index (χ0n) is 6.01. The van der Waals surface area contributed by atoms with Crippen LogP contribution in [0.25, 0.3) is 0 Å². The van der Waals surface area contributed by atoms with Crippen LogP contribution in [-0.4, -0.2) is 4.98 Å². The standard InChI is InChI=1S/C7H9FN2S/c8-3-5-4-11-6(10-5)7(9)1-2-7/h4H,1-3,9H2. The van der Waals surface area contributed by atoms with Crippen molar-refractivity contribution < 1.29 is 4.39 Å². The van der Waals surface area contributed by atoms with Crippen molar-refractivity contribution in [1.29, 1.82) is 0 Å². The van der Waals surface area contributed by atoms with Gasteiger partial charge in [-0.2, -0.15) is 0 Å². The van der Waals surface area contributed by atoms with Crippen LogP contribution in [0.1, 0.15) is 23.5 Å². The number of alkyl halides is 1. The van der Waals surface area contributed by atoms with E-state index in [2.05, 4.69) is 4.98 Å². The van der Waals surface area contributed by atoms with E-state index in [0.717, 1.165) is 17.8 Å². The molecule has 0 aliphatic heterocycles. The van der Waals surface area contributed by atoms with Crippen molar-refractivity contribution in [1.82, 2.24) is 4.98 Å². The Labute approximate surface area is 68.3 Å². The first-order chi connectivity index (χ1) is 5.24. The topological polar surface area (TPSA) is 38.9 Å². The molecular formula is C7H9FN2S. The fraction of sp³-hybridized carbons (Fsp3) is 0.571. The zero-order valence-corrected chi connectivity index (χ0v) is 6.83. The van der Waals surface area contributed by atoms with E-state index in [4.69, 9.17) is 5.73 Å². The van der Waals surface area contributed by atoms with Gasteiger partial charge in [0.15, 0.2) is 0 Å². The smallest absolute Gasteiger partial charge is 0.132 e. The summed E-state index contributed by atoms with van der Waals surface area (Å²) in [4.78, 5) is 4.08. The number of aromatic nitrogens is 1. The van der Waals surface area contributed by atoms with E-state index >= 15 is 0 Å². The summed E-state index contributed by atoms with van der Waals surface area (Å²) in [6, 6.07) is 0. The fourth-order valence-electron chi connectivity index (χ4n) is 0.946. The number of nitrogens with zero attached hydrogens (tertiary/aromatic N) is 1. The van der Waals surface area contributed by atoms with Crippen LogP contribution in [0.15, 0.2) is 5.38 Å². The third-order valence-corrected chi connectivity index (χ3v) is 3.01. The lowest BCUT2D eigenvalue weighted by molar-refractivity contribution is 0.476. The molecule has 0 unspecified atom stereocenters. The van der Waals surface area contributed by atoms with Crippen LogP contribution < -0.4 is 5.73 Å². The van der Waals surface area contributed by atoms with Gasteiger partial charge in [-0.25, -0.2) is 9.37 Å². The van der Waals surface area contributed by atoms with Gasteiger partial charge >= 0.3 is 0 Å². The first-order valence-corrected chi connectivity index (χ1v) is 4.42. The summed E-state index contributed by atoms with van der Waals surface area (Å²) in [5.41, 5.74) is 6.18. The maximum absolute atomic E-state index is 12.1. The number of hydrogen-bond acceptors (Lipinski definition) is 3. The van der Waals surface area contributed by atoms with Crippen LogP contribution in [0, 0.1) is 0 Å². The van der Waals surface area contributed by atoms with Gasteiger partial charge in [0.1, 0.15) is 11.7 Å². The minimum atomic E-state index is -0.480. The Kier molecular flexibility index (Phi) is 1.47. The summed E-state index contributed by atoms with van der Waals surface area (Å²) in [5.74, 6) is 0. The Morgan fingerprint density at radius 2 is 2.45 bits per heavy atom. The molecule has 2 rings (SSSR count). The summed E-state index contributed by atoms with van der Waals surface area (Å²) < 4.78 is 12.1. The Balaban J connectivity index is 2.25. The summed E-state index contributed by atoms with van der Waals surface area (Å²) in [6.45, 7) is -0.480. The van der Waals surface area contributed by atoms with E-state index in [1.807, 2.05) is 0 Å². The molecule has 0 aromatic carbocycles. The second-order valence-corrected chi connectivity index (χ2v) is 3.79. The number of halogens is 1. The van der Waals surface area contributed by atoms with Gasteiger partial charge in [-0.3, -0.25) is 0 Å². The van der Waals surface area contributed by atoms with Gasteiger partial charge in [-0.05, 0) is 12.8 Å². The molecule has 4 heteroatoms. The maximum atomic E-state index is 12.1. The van der Waals surface area contributed by atoms with Crippen molar-refractivity contribution in [2.75, 3.05) is 0 Å². The molecule has 0 radical (unpaired) electrons. The molecule has 1 saturated carbocycles. The predicted octanol–water partition coefficient (Wildman–Crippen LogP) is 1.56. The van der Waals surface area contributed by atoms with Crippen LogP contribution in [-0.2, 0) is 12.2 Å². The molecule has 0 saturated heterocycles. The molecule has 0 bridgehead atoms. The first-order valence-electron chi connectivity index (χ1n) is 3.54. The molecule has 2 nitrogen and oxygen atoms in total. The van der Waals surface area contributed by atoms with Crippen molar-refractivity contribution in [3.05, 3.63) is 16.1 Å². The van der Waals surface area contributed by atoms with E-state index in [-0.39, 0.29) is 5.54 Å². The highest BCUT2D eigenvalue weighted by atomic mass is 32.1. The maximum Gasteiger partial charge on any atom is 0.132 e. The summed E-state index contributed by atoms with van der Waals surface area (Å²) in [7, 11) is 0. The van der Waals surface area contributed by atoms with Gasteiger partial charge in [0.2, 0.25) is 0 Å². The van der Waals surface area contributed by atoms with Gasteiger partial charge in [-0.1, -0.05) is 0 Å². The zero-order chi connectivity index (χ0) is 7.90. The van der Waals surface area contributed by atoms with Crippen LogP contribution in [0.2, 0.25) is 0 Å². The van der Waals surface area contributed by atoms with Crippen LogP contribution in [0.4, 0.5) is 4.39 Å². The molecule has 11 heavy (non-hydrogen) atoms. The van der Waals surface area contributed by atoms with Gasteiger partial charge in [-0.15, -0.1) is 11.3 Å². The molecule has 1 aliphatic carbocycles. The molecule has 60 valence electrons. The molecule has 1 aromatic heterocycles. The minimum absolute atomic E-state index is 0.196. The van der Waals surface area contributed by atoms with E-state index in [1.54, 1.807) is 5.38 Å². The Hall–Kier alpha value is -0.480. The third kappa shape index (κ3) is 1.16. The Bertz CT molecular complexity index is 267. The monoisotopic (exact) mass is 172 g/mol. The van der Waals surface area contributed by atoms with Gasteiger partial charge in [0.25, 0.3) is 0 Å². The van der Waals surface area contributed by atoms with Gasteiger partial charge < -0.3 is 5.73 Å². The molecule has 1 aromatic rings. The fourth-order valence-corrected chi connectivity index (χ4v) is 1.92. The summed E-state index contributed by atoms with van der Waals surface area (Å²) in [5, 5.41) is 2.63. The van der Waals surface area contributed by atoms with Crippen molar-refractivity contribution in [3.63, 3.8) is 0 Å². The highest BCUT2D eigenvalue weighted by Crippen LogP contribution is 2.43. The number of thiazole rings is 1. The Morgan fingerprint density at radius 1 is 1.73 bits per heavy atom. The lowest BCUT2D eigenvalue weighted by atomic mass is 10.3. The minimum Gasteiger partial charge on any atom is -0.319 e. The molecule has 2 N–H and O–H groups in total. The highest BCUT2D eigenvalue weighted by Gasteiger charge is 2.42. The van der Waals surface area contributed by atoms with E-state index in [1.165, 1.54) is 11.3 Å². The van der Waals surface area contributed by atoms with Gasteiger partial charge in [0.05, 0.1) is 11.2 Å². The summed E-state index contributed by atoms with van der Waals surface area (Å²) >= 11 is 1.47. The normalized spacial score (nSPS) is 20.2. The molecule has 0 atom stereocenters. The lowest BCUT2D eigenvalue weighted by Gasteiger charge is -2.00. The quantitative estimate of drug-likeness (QED) is 0.735. The van der Waals surface area contributed by atoms with Crippen molar-refractivity contribution in [2.24, 2.45) is 5.73 Å². The average Bonchev–Trinajstić information content (AvgIpc) is 2.61. The lowest BCUT2D eigenvalue weighted by Crippen LogP contribution is -2.18. The first kappa shape index (κ1) is 7.18. The molecule has 1 heterocycles. The van der Waals surface area contributed by atoms with Crippen LogP contribution in [0.3, 0.4) is 0 Å². The number of hydrogen-bond donors (Lipinski definition) is 1. The third-order valence-electron chi connectivity index (χ3n) is 1.90. The second kappa shape index (κ2) is 2.25. The van der Waals surface area contributed by atoms with Crippen molar-refractivity contribution in [2.45, 2.75) is 25.1 Å². The van der Waals surface area contributed by atoms with Crippen molar-refractivity contribution in [3.8, 4) is 0 Å². The van der Waals surface area contributed by atoms with E-state index < -0.39 is 6.67 Å². The Morgan fingerprint density at radius 3 is 2.91 bits per heavy atom. The highest BCUT2D eigenvalue weighted by molar-refractivity contribution is 7.09. The average molecular weight is 172 g/mol. The molecular weight excluding hydrogens is 163 g/mol. The molecule has 0 spiro atoms. The van der Waals surface area contributed by atoms with Crippen LogP contribution >= 0.6 is 11.3 Å². The van der Waals surface area contributed by atoms with Gasteiger partial charge in [0, 0.05) is 5.38 Å². The predicted molar refractivity (Wildman–Crippen MR) is 42.0 cm³/mol. The van der Waals surface area contributed by atoms with E-state index in [0.29, 0.717) is 5.69 Å². The molecule has 1 fully saturated rings. The number of nitrogens with two attached hydrogens (primary N) is 1. The number of rotatable bonds is 2. The second-order valence-electron chi connectivity index (χ2n) is 2.93. The molecule has 1 aliphatic rings. The van der Waals surface area contributed by atoms with E-state index in [9.17, 15) is 4.39 Å². The van der Waals surface area contributed by atoms with Crippen LogP contribution in [0.5, 0.6) is 0 Å². The molecule has 0 amide bonds. The largest absolute Gasteiger partial charge is 0.319 e. The summed E-state index contributed by atoms with van der Waals surface area (Å²) in [6.07, 6.45) is 1.98. The SMILES string of the molecule is NC1(c2nc(CF)cs2)CC1. The van der Waals surface area contributed by atoms with Crippen molar-refractivity contribution >= 4 is 11.3 Å².